The third-order valence-electron chi connectivity index (χ3n) is 3.93. The Morgan fingerprint density at radius 2 is 1.88 bits per heavy atom. The molecule has 5 nitrogen and oxygen atoms in total. The van der Waals surface area contributed by atoms with E-state index >= 15 is 0 Å². The van der Waals surface area contributed by atoms with Gasteiger partial charge in [-0.15, -0.1) is 11.3 Å². The summed E-state index contributed by atoms with van der Waals surface area (Å²) in [6.45, 7) is 6.80. The summed E-state index contributed by atoms with van der Waals surface area (Å²) in [6.07, 6.45) is 0.531. The van der Waals surface area contributed by atoms with Gasteiger partial charge in [-0.2, -0.15) is 0 Å². The molecule has 0 fully saturated rings. The fraction of sp³-hybridized carbons (Fsp3) is 0.368. The van der Waals surface area contributed by atoms with E-state index in [9.17, 15) is 9.59 Å². The number of thiophene rings is 1. The number of carbonyl (C=O) groups excluding carboxylic acids is 1. The number of carboxylic acids is 1. The second kappa shape index (κ2) is 6.52. The molecule has 0 spiro atoms. The van der Waals surface area contributed by atoms with Crippen LogP contribution in [0.25, 0.3) is 10.4 Å². The number of aromatic carboxylic acids is 1. The Kier molecular flexibility index (Phi) is 4.56. The summed E-state index contributed by atoms with van der Waals surface area (Å²) in [5.74, 6) is -0.926. The quantitative estimate of drug-likeness (QED) is 0.863. The molecule has 1 N–H and O–H groups in total. The molecular weight excluding hydrogens is 338 g/mol. The first kappa shape index (κ1) is 17.5. The number of ether oxygens (including phenoxy) is 1. The van der Waals surface area contributed by atoms with E-state index < -0.39 is 11.6 Å². The average molecular weight is 359 g/mol. The number of benzene rings is 1. The van der Waals surface area contributed by atoms with Gasteiger partial charge in [0.25, 0.3) is 0 Å². The van der Waals surface area contributed by atoms with Crippen molar-refractivity contribution in [3.8, 4) is 10.4 Å². The second-order valence-electron chi connectivity index (χ2n) is 7.09. The first-order valence-electron chi connectivity index (χ1n) is 8.16. The normalized spacial score (nSPS) is 14.1. The summed E-state index contributed by atoms with van der Waals surface area (Å²) in [6, 6.07) is 8.97. The number of rotatable bonds is 2. The Hall–Kier alpha value is -2.34. The van der Waals surface area contributed by atoms with Crippen molar-refractivity contribution in [2.75, 3.05) is 6.54 Å². The number of amides is 1. The summed E-state index contributed by atoms with van der Waals surface area (Å²) in [7, 11) is 0. The van der Waals surface area contributed by atoms with Gasteiger partial charge in [-0.3, -0.25) is 0 Å². The number of fused-ring (bicyclic) bond motifs is 1. The summed E-state index contributed by atoms with van der Waals surface area (Å²) < 4.78 is 5.45. The highest BCUT2D eigenvalue weighted by Crippen LogP contribution is 2.35. The van der Waals surface area contributed by atoms with E-state index in [0.29, 0.717) is 13.1 Å². The van der Waals surface area contributed by atoms with Gasteiger partial charge in [-0.05, 0) is 56.5 Å². The van der Waals surface area contributed by atoms with Gasteiger partial charge in [0.2, 0.25) is 0 Å². The van der Waals surface area contributed by atoms with Crippen LogP contribution in [0, 0.1) is 0 Å². The first-order valence-corrected chi connectivity index (χ1v) is 8.98. The molecule has 2 aromatic rings. The van der Waals surface area contributed by atoms with Crippen LogP contribution in [0.5, 0.6) is 0 Å². The molecule has 0 unspecified atom stereocenters. The van der Waals surface area contributed by atoms with Crippen LogP contribution >= 0.6 is 11.3 Å². The standard InChI is InChI=1S/C19H21NO4S/c1-19(2,3)24-18(23)20-9-8-15-14(11-20)10-16(25-15)12-4-6-13(7-5-12)17(21)22/h4-7,10H,8-9,11H2,1-3H3,(H,21,22). The maximum absolute atomic E-state index is 12.3. The lowest BCUT2D eigenvalue weighted by Gasteiger charge is -2.29. The molecule has 6 heteroatoms. The SMILES string of the molecule is CC(C)(C)OC(=O)N1CCc2sc(-c3ccc(C(=O)O)cc3)cc2C1. The van der Waals surface area contributed by atoms with Crippen LogP contribution < -0.4 is 0 Å². The Morgan fingerprint density at radius 3 is 2.48 bits per heavy atom. The van der Waals surface area contributed by atoms with Crippen LogP contribution in [0.1, 0.15) is 41.6 Å². The zero-order valence-corrected chi connectivity index (χ0v) is 15.4. The van der Waals surface area contributed by atoms with Crippen LogP contribution in [0.4, 0.5) is 4.79 Å². The summed E-state index contributed by atoms with van der Waals surface area (Å²) in [4.78, 5) is 27.3. The van der Waals surface area contributed by atoms with Crippen molar-refractivity contribution in [1.82, 2.24) is 4.90 Å². The third kappa shape index (κ3) is 4.02. The van der Waals surface area contributed by atoms with E-state index in [1.807, 2.05) is 32.9 Å². The van der Waals surface area contributed by atoms with Gasteiger partial charge in [0.15, 0.2) is 0 Å². The van der Waals surface area contributed by atoms with Crippen molar-refractivity contribution in [1.29, 1.82) is 0 Å². The summed E-state index contributed by atoms with van der Waals surface area (Å²) in [5, 5.41) is 8.99. The Labute approximate surface area is 150 Å². The predicted molar refractivity (Wildman–Crippen MR) is 97.1 cm³/mol. The molecule has 0 atom stereocenters. The molecule has 1 aliphatic heterocycles. The lowest BCUT2D eigenvalue weighted by atomic mass is 10.1. The van der Waals surface area contributed by atoms with Gasteiger partial charge < -0.3 is 14.7 Å². The maximum atomic E-state index is 12.3. The van der Waals surface area contributed by atoms with Gasteiger partial charge in [0.05, 0.1) is 12.1 Å². The highest BCUT2D eigenvalue weighted by molar-refractivity contribution is 7.15. The molecule has 1 aromatic heterocycles. The van der Waals surface area contributed by atoms with Crippen LogP contribution in [0.3, 0.4) is 0 Å². The van der Waals surface area contributed by atoms with E-state index in [1.165, 1.54) is 4.88 Å². The van der Waals surface area contributed by atoms with Crippen molar-refractivity contribution in [2.24, 2.45) is 0 Å². The predicted octanol–water partition coefficient (Wildman–Crippen LogP) is 4.41. The molecule has 0 saturated carbocycles. The molecule has 132 valence electrons. The molecule has 3 rings (SSSR count). The fourth-order valence-electron chi connectivity index (χ4n) is 2.73. The molecular formula is C19H21NO4S. The minimum Gasteiger partial charge on any atom is -0.478 e. The average Bonchev–Trinajstić information content (AvgIpc) is 2.96. The Bertz CT molecular complexity index is 802. The zero-order chi connectivity index (χ0) is 18.2. The minimum atomic E-state index is -0.926. The van der Waals surface area contributed by atoms with Crippen molar-refractivity contribution < 1.29 is 19.4 Å². The van der Waals surface area contributed by atoms with Crippen molar-refractivity contribution >= 4 is 23.4 Å². The van der Waals surface area contributed by atoms with E-state index in [0.717, 1.165) is 22.4 Å². The summed E-state index contributed by atoms with van der Waals surface area (Å²) >= 11 is 1.70. The van der Waals surface area contributed by atoms with Crippen LogP contribution in [-0.2, 0) is 17.7 Å². The molecule has 2 heterocycles. The van der Waals surface area contributed by atoms with Crippen molar-refractivity contribution in [3.63, 3.8) is 0 Å². The Morgan fingerprint density at radius 1 is 1.20 bits per heavy atom. The number of nitrogens with zero attached hydrogens (tertiary/aromatic N) is 1. The van der Waals surface area contributed by atoms with E-state index in [1.54, 1.807) is 28.4 Å². The fourth-order valence-corrected chi connectivity index (χ4v) is 3.90. The molecule has 25 heavy (non-hydrogen) atoms. The van der Waals surface area contributed by atoms with E-state index in [4.69, 9.17) is 9.84 Å². The molecule has 1 aromatic carbocycles. The van der Waals surface area contributed by atoms with Gasteiger partial charge in [-0.1, -0.05) is 12.1 Å². The summed E-state index contributed by atoms with van der Waals surface area (Å²) in [5.41, 5.74) is 1.91. The smallest absolute Gasteiger partial charge is 0.410 e. The van der Waals surface area contributed by atoms with Gasteiger partial charge >= 0.3 is 12.1 Å². The lowest BCUT2D eigenvalue weighted by molar-refractivity contribution is 0.0225. The molecule has 0 aliphatic carbocycles. The van der Waals surface area contributed by atoms with Crippen LogP contribution in [-0.4, -0.2) is 34.2 Å². The van der Waals surface area contributed by atoms with E-state index in [-0.39, 0.29) is 11.7 Å². The molecule has 0 bridgehead atoms. The molecule has 1 aliphatic rings. The zero-order valence-electron chi connectivity index (χ0n) is 14.5. The third-order valence-corrected chi connectivity index (χ3v) is 5.22. The van der Waals surface area contributed by atoms with Crippen molar-refractivity contribution in [3.05, 3.63) is 46.3 Å². The number of carboxylic acid groups (broad SMARTS) is 1. The number of hydrogen-bond acceptors (Lipinski definition) is 4. The van der Waals surface area contributed by atoms with Gasteiger partial charge in [0, 0.05) is 16.3 Å². The van der Waals surface area contributed by atoms with Gasteiger partial charge in [-0.25, -0.2) is 9.59 Å². The first-order chi connectivity index (χ1) is 11.7. The van der Waals surface area contributed by atoms with Crippen LogP contribution in [0.2, 0.25) is 0 Å². The monoisotopic (exact) mass is 359 g/mol. The maximum Gasteiger partial charge on any atom is 0.410 e. The van der Waals surface area contributed by atoms with E-state index in [2.05, 4.69) is 6.07 Å². The Balaban J connectivity index is 1.76. The minimum absolute atomic E-state index is 0.279. The van der Waals surface area contributed by atoms with Crippen molar-refractivity contribution in [2.45, 2.75) is 39.3 Å². The molecule has 1 amide bonds. The van der Waals surface area contributed by atoms with Gasteiger partial charge in [0.1, 0.15) is 5.60 Å². The topological polar surface area (TPSA) is 66.8 Å². The lowest BCUT2D eigenvalue weighted by Crippen LogP contribution is -2.39. The highest BCUT2D eigenvalue weighted by Gasteiger charge is 2.27. The molecule has 0 saturated heterocycles. The highest BCUT2D eigenvalue weighted by atomic mass is 32.1. The largest absolute Gasteiger partial charge is 0.478 e. The number of carbonyl (C=O) groups is 2. The second-order valence-corrected chi connectivity index (χ2v) is 8.23. The number of hydrogen-bond donors (Lipinski definition) is 1. The molecule has 0 radical (unpaired) electrons. The van der Waals surface area contributed by atoms with Crippen LogP contribution in [0.15, 0.2) is 30.3 Å².